The first-order chi connectivity index (χ1) is 18.3. The number of esters is 1. The lowest BCUT2D eigenvalue weighted by molar-refractivity contribution is -0.143. The number of nitrogens with one attached hydrogen (secondary N) is 2. The molecule has 7 nitrogen and oxygen atoms in total. The van der Waals surface area contributed by atoms with Crippen molar-refractivity contribution in [3.63, 3.8) is 0 Å². The molecule has 3 rings (SSSR count). The molecule has 0 aliphatic carbocycles. The Bertz CT molecular complexity index is 1080. The van der Waals surface area contributed by atoms with Crippen molar-refractivity contribution in [2.45, 2.75) is 44.1 Å². The molecule has 0 atom stereocenters. The van der Waals surface area contributed by atoms with Crippen LogP contribution in [0, 0.1) is 0 Å². The minimum Gasteiger partial charge on any atom is -0.465 e. The standard InChI is InChI=1S/C26H29F6N3O4/c1-2-39-22(36)15-33-23(37)34-35-10-8-24(9-11-35,19-6-4-3-5-7-19)17-38-16-18-12-20(25(27,28)29)14-21(13-18)26(30,31)32/h3-7,12-14H,2,8-11,15-17H2,1H3,(H2,33,34,37). The van der Waals surface area contributed by atoms with Crippen LogP contribution in [0.5, 0.6) is 0 Å². The lowest BCUT2D eigenvalue weighted by Crippen LogP contribution is -2.54. The van der Waals surface area contributed by atoms with E-state index in [4.69, 9.17) is 9.47 Å². The largest absolute Gasteiger partial charge is 0.465 e. The van der Waals surface area contributed by atoms with Gasteiger partial charge in [-0.1, -0.05) is 30.3 Å². The Hall–Kier alpha value is -3.32. The Morgan fingerprint density at radius 2 is 1.54 bits per heavy atom. The second kappa shape index (κ2) is 12.7. The summed E-state index contributed by atoms with van der Waals surface area (Å²) in [7, 11) is 0. The van der Waals surface area contributed by atoms with Crippen molar-refractivity contribution in [2.24, 2.45) is 0 Å². The van der Waals surface area contributed by atoms with Gasteiger partial charge >= 0.3 is 24.4 Å². The second-order valence-electron chi connectivity index (χ2n) is 9.14. The van der Waals surface area contributed by atoms with Gasteiger partial charge in [0.2, 0.25) is 0 Å². The number of halogens is 6. The molecule has 0 saturated carbocycles. The average Bonchev–Trinajstić information content (AvgIpc) is 2.88. The third-order valence-electron chi connectivity index (χ3n) is 6.36. The topological polar surface area (TPSA) is 79.9 Å². The molecular weight excluding hydrogens is 532 g/mol. The van der Waals surface area contributed by atoms with Gasteiger partial charge < -0.3 is 14.8 Å². The summed E-state index contributed by atoms with van der Waals surface area (Å²) in [6.45, 7) is 1.90. The van der Waals surface area contributed by atoms with E-state index in [0.29, 0.717) is 38.1 Å². The van der Waals surface area contributed by atoms with Gasteiger partial charge in [0.1, 0.15) is 6.54 Å². The number of alkyl halides is 6. The molecular formula is C26H29F6N3O4. The summed E-state index contributed by atoms with van der Waals surface area (Å²) in [6.07, 6.45) is -8.93. The fourth-order valence-electron chi connectivity index (χ4n) is 4.37. The Morgan fingerprint density at radius 3 is 2.08 bits per heavy atom. The number of carbonyl (C=O) groups excluding carboxylic acids is 2. The summed E-state index contributed by atoms with van der Waals surface area (Å²) in [5, 5.41) is 4.06. The molecule has 0 unspecified atom stereocenters. The molecule has 1 aliphatic rings. The minimum absolute atomic E-state index is 0.0392. The van der Waals surface area contributed by atoms with E-state index in [0.717, 1.165) is 5.56 Å². The molecule has 2 amide bonds. The van der Waals surface area contributed by atoms with E-state index in [2.05, 4.69) is 10.7 Å². The first-order valence-corrected chi connectivity index (χ1v) is 12.2. The van der Waals surface area contributed by atoms with Gasteiger partial charge in [-0.3, -0.25) is 10.2 Å². The van der Waals surface area contributed by atoms with Crippen LogP contribution in [0.1, 0.15) is 42.0 Å². The number of nitrogens with zero attached hydrogens (tertiary/aromatic N) is 1. The summed E-state index contributed by atoms with van der Waals surface area (Å²) in [5.74, 6) is -0.574. The van der Waals surface area contributed by atoms with Crippen LogP contribution in [0.25, 0.3) is 0 Å². The van der Waals surface area contributed by atoms with Crippen LogP contribution < -0.4 is 10.7 Å². The molecule has 2 aromatic rings. The fourth-order valence-corrected chi connectivity index (χ4v) is 4.37. The summed E-state index contributed by atoms with van der Waals surface area (Å²) in [4.78, 5) is 23.5. The molecule has 13 heteroatoms. The number of carbonyl (C=O) groups is 2. The van der Waals surface area contributed by atoms with Gasteiger partial charge in [0.25, 0.3) is 0 Å². The predicted molar refractivity (Wildman–Crippen MR) is 128 cm³/mol. The maximum Gasteiger partial charge on any atom is 0.416 e. The van der Waals surface area contributed by atoms with Gasteiger partial charge in [0.15, 0.2) is 0 Å². The Kier molecular flexibility index (Phi) is 9.83. The third kappa shape index (κ3) is 8.59. The summed E-state index contributed by atoms with van der Waals surface area (Å²) < 4.78 is 89.8. The van der Waals surface area contributed by atoms with E-state index in [1.807, 2.05) is 30.3 Å². The van der Waals surface area contributed by atoms with Crippen molar-refractivity contribution in [2.75, 3.05) is 32.8 Å². The number of amides is 2. The van der Waals surface area contributed by atoms with Crippen molar-refractivity contribution in [3.8, 4) is 0 Å². The molecule has 2 aromatic carbocycles. The normalized spacial score (nSPS) is 16.0. The minimum atomic E-state index is -4.94. The highest BCUT2D eigenvalue weighted by Gasteiger charge is 2.38. The number of benzene rings is 2. The lowest BCUT2D eigenvalue weighted by Gasteiger charge is -2.42. The van der Waals surface area contributed by atoms with Crippen molar-refractivity contribution in [1.82, 2.24) is 15.8 Å². The average molecular weight is 562 g/mol. The van der Waals surface area contributed by atoms with Gasteiger partial charge in [0, 0.05) is 18.5 Å². The highest BCUT2D eigenvalue weighted by atomic mass is 19.4. The van der Waals surface area contributed by atoms with E-state index in [9.17, 15) is 35.9 Å². The number of urea groups is 1. The zero-order valence-electron chi connectivity index (χ0n) is 21.1. The van der Waals surface area contributed by atoms with Crippen LogP contribution in [0.2, 0.25) is 0 Å². The van der Waals surface area contributed by atoms with E-state index < -0.39 is 47.5 Å². The third-order valence-corrected chi connectivity index (χ3v) is 6.36. The van der Waals surface area contributed by atoms with Crippen molar-refractivity contribution < 1.29 is 45.4 Å². The van der Waals surface area contributed by atoms with E-state index >= 15 is 0 Å². The van der Waals surface area contributed by atoms with Crippen LogP contribution in [0.3, 0.4) is 0 Å². The maximum absolute atomic E-state index is 13.2. The van der Waals surface area contributed by atoms with Crippen molar-refractivity contribution >= 4 is 12.0 Å². The van der Waals surface area contributed by atoms with Crippen LogP contribution in [-0.2, 0) is 38.6 Å². The zero-order chi connectivity index (χ0) is 28.7. The Balaban J connectivity index is 1.67. The predicted octanol–water partition coefficient (Wildman–Crippen LogP) is 5.05. The Morgan fingerprint density at radius 1 is 0.949 bits per heavy atom. The van der Waals surface area contributed by atoms with Crippen LogP contribution in [0.15, 0.2) is 48.5 Å². The van der Waals surface area contributed by atoms with E-state index in [1.54, 1.807) is 11.9 Å². The number of hydrogen-bond donors (Lipinski definition) is 2. The molecule has 1 saturated heterocycles. The molecule has 1 aliphatic heterocycles. The summed E-state index contributed by atoms with van der Waals surface area (Å²) in [5.41, 5.74) is -0.0652. The van der Waals surface area contributed by atoms with Crippen molar-refractivity contribution in [3.05, 3.63) is 70.8 Å². The van der Waals surface area contributed by atoms with Gasteiger partial charge in [-0.2, -0.15) is 26.3 Å². The number of piperidine rings is 1. The highest BCUT2D eigenvalue weighted by Crippen LogP contribution is 2.38. The molecule has 2 N–H and O–H groups in total. The molecule has 0 radical (unpaired) electrons. The van der Waals surface area contributed by atoms with Gasteiger partial charge in [-0.15, -0.1) is 0 Å². The number of hydrogen-bond acceptors (Lipinski definition) is 5. The van der Waals surface area contributed by atoms with Crippen molar-refractivity contribution in [1.29, 1.82) is 0 Å². The van der Waals surface area contributed by atoms with Gasteiger partial charge in [-0.05, 0) is 49.1 Å². The first kappa shape index (κ1) is 30.2. The molecule has 1 fully saturated rings. The fraction of sp³-hybridized carbons (Fsp3) is 0.462. The molecule has 39 heavy (non-hydrogen) atoms. The smallest absolute Gasteiger partial charge is 0.416 e. The number of hydrazine groups is 1. The van der Waals surface area contributed by atoms with Crippen LogP contribution in [0.4, 0.5) is 31.1 Å². The Labute approximate surface area is 221 Å². The van der Waals surface area contributed by atoms with E-state index in [-0.39, 0.29) is 31.4 Å². The lowest BCUT2D eigenvalue weighted by atomic mass is 9.73. The molecule has 1 heterocycles. The molecule has 214 valence electrons. The maximum atomic E-state index is 13.2. The molecule has 0 aromatic heterocycles. The number of rotatable bonds is 9. The first-order valence-electron chi connectivity index (χ1n) is 12.2. The quantitative estimate of drug-likeness (QED) is 0.331. The van der Waals surface area contributed by atoms with Crippen LogP contribution >= 0.6 is 0 Å². The van der Waals surface area contributed by atoms with Gasteiger partial charge in [-0.25, -0.2) is 9.80 Å². The monoisotopic (exact) mass is 561 g/mol. The number of ether oxygens (including phenoxy) is 2. The zero-order valence-corrected chi connectivity index (χ0v) is 21.1. The molecule has 0 spiro atoms. The van der Waals surface area contributed by atoms with E-state index in [1.165, 1.54) is 0 Å². The highest BCUT2D eigenvalue weighted by molar-refractivity contribution is 5.80. The molecule has 0 bridgehead atoms. The van der Waals surface area contributed by atoms with Gasteiger partial charge in [0.05, 0.1) is 30.9 Å². The van der Waals surface area contributed by atoms with Crippen LogP contribution in [-0.4, -0.2) is 49.9 Å². The summed E-state index contributed by atoms with van der Waals surface area (Å²) in [6, 6.07) is 10.0. The second-order valence-corrected chi connectivity index (χ2v) is 9.14. The summed E-state index contributed by atoms with van der Waals surface area (Å²) >= 11 is 0. The SMILES string of the molecule is CCOC(=O)CNC(=O)NN1CCC(COCc2cc(C(F)(F)F)cc(C(F)(F)F)c2)(c2ccccc2)CC1.